The van der Waals surface area contributed by atoms with Crippen molar-refractivity contribution in [3.05, 3.63) is 143 Å². The molecule has 6 rings (SSSR count). The average Bonchev–Trinajstić information content (AvgIpc) is 4.00. The summed E-state index contributed by atoms with van der Waals surface area (Å²) in [4.78, 5) is 51.4. The average molecular weight is 996 g/mol. The molecular formula is C48H51F6N9O8. The van der Waals surface area contributed by atoms with Gasteiger partial charge in [0.1, 0.15) is 41.0 Å². The van der Waals surface area contributed by atoms with Gasteiger partial charge in [-0.25, -0.2) is 9.36 Å². The lowest BCUT2D eigenvalue weighted by Gasteiger charge is -2.14. The first kappa shape index (κ1) is 53.9. The zero-order chi connectivity index (χ0) is 51.7. The van der Waals surface area contributed by atoms with E-state index in [0.717, 1.165) is 21.8 Å². The maximum absolute atomic E-state index is 13.7. The summed E-state index contributed by atoms with van der Waals surface area (Å²) in [7, 11) is 3.74. The van der Waals surface area contributed by atoms with Crippen LogP contribution < -0.4 is 35.5 Å². The predicted octanol–water partition coefficient (Wildman–Crippen LogP) is 6.55. The number of amides is 4. The van der Waals surface area contributed by atoms with Crippen molar-refractivity contribution in [2.45, 2.75) is 26.2 Å². The molecule has 0 atom stereocenters. The van der Waals surface area contributed by atoms with E-state index in [4.69, 9.17) is 14.2 Å². The standard InChI is InChI=1S/C26H30F3N5O4.C22H21F3N4O4/c1-4-37-19-11-9-18(10-12-19)24(35)30-13-14-31-25(36)20-17-34(32-23(20)26(27,28)29)21-7-5-6-8-22(21)38-16-15-33(2)3;1-2-33-15-9-7-14(8-10-15)20(31)26-11-12-27-21(32)16-13-29(28-19(16)22(23,24)25)17-5-3-4-6-18(17)30/h5-12,17H,4,13-16H2,1-3H3,(H,30,35)(H,31,36);3-10,13,30H,2,11-12H2,1H3,(H,26,31)(H,27,32). The first-order valence-electron chi connectivity index (χ1n) is 21.9. The van der Waals surface area contributed by atoms with E-state index in [1.165, 1.54) is 24.3 Å². The van der Waals surface area contributed by atoms with Crippen LogP contribution in [0.25, 0.3) is 11.4 Å². The lowest BCUT2D eigenvalue weighted by Crippen LogP contribution is -2.35. The number of phenols is 1. The molecule has 0 aliphatic rings. The number of aromatic hydroxyl groups is 1. The fourth-order valence-electron chi connectivity index (χ4n) is 6.35. The van der Waals surface area contributed by atoms with Crippen LogP contribution in [0.1, 0.15) is 66.7 Å². The van der Waals surface area contributed by atoms with E-state index in [-0.39, 0.29) is 43.3 Å². The Kier molecular flexibility index (Phi) is 19.0. The second-order valence-corrected chi connectivity index (χ2v) is 15.2. The van der Waals surface area contributed by atoms with E-state index in [1.54, 1.807) is 72.8 Å². The Bertz CT molecular complexity index is 2720. The Balaban J connectivity index is 0.000000267. The monoisotopic (exact) mass is 995 g/mol. The van der Waals surface area contributed by atoms with Gasteiger partial charge >= 0.3 is 12.4 Å². The summed E-state index contributed by atoms with van der Waals surface area (Å²) in [5.74, 6) is -1.50. The molecule has 0 saturated carbocycles. The zero-order valence-electron chi connectivity index (χ0n) is 38.9. The van der Waals surface area contributed by atoms with Gasteiger partial charge in [0.2, 0.25) is 0 Å². The van der Waals surface area contributed by atoms with Crippen molar-refractivity contribution in [3.8, 4) is 34.4 Å². The highest BCUT2D eigenvalue weighted by Gasteiger charge is 2.40. The quantitative estimate of drug-likeness (QED) is 0.0410. The third-order valence-corrected chi connectivity index (χ3v) is 9.74. The molecular weight excluding hydrogens is 945 g/mol. The molecule has 0 unspecified atom stereocenters. The number of ether oxygens (including phenoxy) is 3. The molecule has 378 valence electrons. The number of phenolic OH excluding ortho intramolecular Hbond substituents is 1. The molecule has 0 fully saturated rings. The fourth-order valence-corrected chi connectivity index (χ4v) is 6.35. The SMILES string of the molecule is CCOc1ccc(C(=O)NCCNC(=O)c2cn(-c3ccccc3O)nc2C(F)(F)F)cc1.CCOc1ccc(C(=O)NCCNC(=O)c2cn(-c3ccccc3OCCN(C)C)nc2C(F)(F)F)cc1. The van der Waals surface area contributed by atoms with Crippen LogP contribution in [0.5, 0.6) is 23.0 Å². The Morgan fingerprint density at radius 2 is 0.958 bits per heavy atom. The summed E-state index contributed by atoms with van der Waals surface area (Å²) < 4.78 is 99.6. The van der Waals surface area contributed by atoms with Gasteiger partial charge in [0, 0.05) is 56.2 Å². The van der Waals surface area contributed by atoms with E-state index >= 15 is 0 Å². The van der Waals surface area contributed by atoms with Gasteiger partial charge in [0.15, 0.2) is 11.4 Å². The summed E-state index contributed by atoms with van der Waals surface area (Å²) in [6.07, 6.45) is -7.83. The number of para-hydroxylation sites is 4. The maximum atomic E-state index is 13.7. The van der Waals surface area contributed by atoms with Crippen molar-refractivity contribution in [3.63, 3.8) is 0 Å². The number of benzene rings is 4. The Hall–Kier alpha value is -8.08. The molecule has 6 aromatic rings. The minimum atomic E-state index is -4.88. The van der Waals surface area contributed by atoms with Gasteiger partial charge in [-0.1, -0.05) is 24.3 Å². The number of nitrogens with one attached hydrogen (secondary N) is 4. The minimum absolute atomic E-state index is 0.00720. The maximum Gasteiger partial charge on any atom is 0.435 e. The largest absolute Gasteiger partial charge is 0.506 e. The Morgan fingerprint density at radius 1 is 0.563 bits per heavy atom. The molecule has 17 nitrogen and oxygen atoms in total. The van der Waals surface area contributed by atoms with Crippen molar-refractivity contribution in [1.29, 1.82) is 0 Å². The normalized spacial score (nSPS) is 11.3. The lowest BCUT2D eigenvalue weighted by molar-refractivity contribution is -0.142. The van der Waals surface area contributed by atoms with Crippen LogP contribution in [0.4, 0.5) is 26.3 Å². The van der Waals surface area contributed by atoms with Crippen LogP contribution in [-0.4, -0.2) is 120 Å². The topological polar surface area (TPSA) is 203 Å². The van der Waals surface area contributed by atoms with E-state index in [1.807, 2.05) is 32.8 Å². The number of rotatable bonds is 20. The predicted molar refractivity (Wildman–Crippen MR) is 247 cm³/mol. The highest BCUT2D eigenvalue weighted by Crippen LogP contribution is 2.34. The van der Waals surface area contributed by atoms with E-state index in [9.17, 15) is 50.6 Å². The highest BCUT2D eigenvalue weighted by atomic mass is 19.4. The van der Waals surface area contributed by atoms with Gasteiger partial charge in [-0.2, -0.15) is 36.5 Å². The van der Waals surface area contributed by atoms with E-state index in [0.29, 0.717) is 54.7 Å². The fraction of sp³-hybridized carbons (Fsp3) is 0.292. The third-order valence-electron chi connectivity index (χ3n) is 9.74. The van der Waals surface area contributed by atoms with Crippen molar-refractivity contribution >= 4 is 23.6 Å². The molecule has 5 N–H and O–H groups in total. The van der Waals surface area contributed by atoms with Crippen molar-refractivity contribution < 1.29 is 64.8 Å². The number of hydrogen-bond acceptors (Lipinski definition) is 11. The molecule has 0 saturated heterocycles. The summed E-state index contributed by atoms with van der Waals surface area (Å²) in [5, 5.41) is 26.9. The van der Waals surface area contributed by atoms with Gasteiger partial charge in [0.05, 0.1) is 24.3 Å². The second kappa shape index (κ2) is 25.0. The van der Waals surface area contributed by atoms with Crippen molar-refractivity contribution in [2.75, 3.05) is 66.6 Å². The van der Waals surface area contributed by atoms with Crippen LogP contribution in [0, 0.1) is 0 Å². The Labute approximate surface area is 403 Å². The second-order valence-electron chi connectivity index (χ2n) is 15.2. The summed E-state index contributed by atoms with van der Waals surface area (Å²) in [6.45, 7) is 5.39. The number of aromatic nitrogens is 4. The molecule has 0 radical (unpaired) electrons. The molecule has 0 aliphatic heterocycles. The van der Waals surface area contributed by atoms with Crippen LogP contribution >= 0.6 is 0 Å². The first-order valence-corrected chi connectivity index (χ1v) is 21.9. The van der Waals surface area contributed by atoms with Crippen LogP contribution in [0.2, 0.25) is 0 Å². The number of likely N-dealkylation sites (N-methyl/N-ethyl adjacent to an activating group) is 1. The smallest absolute Gasteiger partial charge is 0.435 e. The van der Waals surface area contributed by atoms with E-state index in [2.05, 4.69) is 31.5 Å². The summed E-state index contributed by atoms with van der Waals surface area (Å²) in [6, 6.07) is 25.1. The molecule has 0 bridgehead atoms. The lowest BCUT2D eigenvalue weighted by atomic mass is 10.2. The number of hydrogen-bond donors (Lipinski definition) is 5. The number of alkyl halides is 6. The molecule has 2 aromatic heterocycles. The minimum Gasteiger partial charge on any atom is -0.506 e. The van der Waals surface area contributed by atoms with Gasteiger partial charge < -0.3 is 45.5 Å². The number of halogens is 6. The zero-order valence-corrected chi connectivity index (χ0v) is 38.9. The first-order chi connectivity index (χ1) is 33.8. The molecule has 4 aromatic carbocycles. The van der Waals surface area contributed by atoms with Crippen LogP contribution in [0.3, 0.4) is 0 Å². The summed E-state index contributed by atoms with van der Waals surface area (Å²) in [5.41, 5.74) is -3.05. The van der Waals surface area contributed by atoms with Crippen LogP contribution in [0.15, 0.2) is 109 Å². The van der Waals surface area contributed by atoms with E-state index < -0.39 is 58.5 Å². The van der Waals surface area contributed by atoms with Gasteiger partial charge in [0.25, 0.3) is 23.6 Å². The number of carbonyl (C=O) groups is 4. The van der Waals surface area contributed by atoms with Crippen molar-refractivity contribution in [2.24, 2.45) is 0 Å². The number of carbonyl (C=O) groups excluding carboxylic acids is 4. The van der Waals surface area contributed by atoms with Crippen LogP contribution in [-0.2, 0) is 12.4 Å². The molecule has 0 spiro atoms. The third kappa shape index (κ3) is 15.5. The molecule has 4 amide bonds. The van der Waals surface area contributed by atoms with Gasteiger partial charge in [-0.05, 0) is 101 Å². The Morgan fingerprint density at radius 3 is 1.37 bits per heavy atom. The van der Waals surface area contributed by atoms with Gasteiger partial charge in [-0.3, -0.25) is 19.2 Å². The van der Waals surface area contributed by atoms with Crippen molar-refractivity contribution in [1.82, 2.24) is 45.7 Å². The summed E-state index contributed by atoms with van der Waals surface area (Å²) >= 11 is 0. The number of nitrogens with zero attached hydrogens (tertiary/aromatic N) is 5. The molecule has 71 heavy (non-hydrogen) atoms. The highest BCUT2D eigenvalue weighted by molar-refractivity contribution is 5.97. The molecule has 0 aliphatic carbocycles. The molecule has 2 heterocycles. The molecule has 23 heteroatoms. The van der Waals surface area contributed by atoms with Gasteiger partial charge in [-0.15, -0.1) is 0 Å².